The number of rotatable bonds is 6. The number of nitrogens with zero attached hydrogens (tertiary/aromatic N) is 4. The third-order valence-electron chi connectivity index (χ3n) is 3.89. The van der Waals surface area contributed by atoms with Crippen molar-refractivity contribution >= 4 is 11.7 Å². The molecule has 0 aliphatic carbocycles. The Hall–Kier alpha value is -3.50. The number of amides is 1. The lowest BCUT2D eigenvalue weighted by molar-refractivity contribution is -0.159. The highest BCUT2D eigenvalue weighted by Gasteiger charge is 2.38. The molecule has 0 spiro atoms. The van der Waals surface area contributed by atoms with E-state index in [4.69, 9.17) is 0 Å². The SMILES string of the molecule is CN(CCNC(=O)c1cccc(-c2noc(C(F)(F)F)n2)c1)c1ccc(F)cn1. The first-order valence-electron chi connectivity index (χ1n) is 8.36. The van der Waals surface area contributed by atoms with Crippen LogP contribution in [0.1, 0.15) is 16.2 Å². The van der Waals surface area contributed by atoms with Crippen molar-refractivity contribution in [2.24, 2.45) is 0 Å². The summed E-state index contributed by atoms with van der Waals surface area (Å²) in [6.45, 7) is 0.670. The van der Waals surface area contributed by atoms with E-state index in [1.807, 2.05) is 0 Å². The number of anilines is 1. The third kappa shape index (κ3) is 5.06. The molecule has 2 heterocycles. The fourth-order valence-electron chi connectivity index (χ4n) is 2.40. The molecule has 1 amide bonds. The van der Waals surface area contributed by atoms with Gasteiger partial charge in [0.25, 0.3) is 5.91 Å². The molecule has 152 valence electrons. The van der Waals surface area contributed by atoms with Crippen LogP contribution < -0.4 is 10.2 Å². The van der Waals surface area contributed by atoms with Gasteiger partial charge < -0.3 is 14.7 Å². The molecule has 0 unspecified atom stereocenters. The largest absolute Gasteiger partial charge is 0.471 e. The quantitative estimate of drug-likeness (QED) is 0.630. The van der Waals surface area contributed by atoms with E-state index in [0.29, 0.717) is 12.4 Å². The summed E-state index contributed by atoms with van der Waals surface area (Å²) < 4.78 is 54.9. The van der Waals surface area contributed by atoms with Gasteiger partial charge in [0.2, 0.25) is 5.82 Å². The number of benzene rings is 1. The lowest BCUT2D eigenvalue weighted by atomic mass is 10.1. The molecular formula is C18H15F4N5O2. The van der Waals surface area contributed by atoms with Crippen molar-refractivity contribution in [3.8, 4) is 11.4 Å². The number of hydrogen-bond donors (Lipinski definition) is 1. The van der Waals surface area contributed by atoms with Crippen molar-refractivity contribution in [2.45, 2.75) is 6.18 Å². The Labute approximate surface area is 162 Å². The van der Waals surface area contributed by atoms with E-state index in [0.717, 1.165) is 6.20 Å². The van der Waals surface area contributed by atoms with Gasteiger partial charge in [-0.05, 0) is 24.3 Å². The molecule has 0 fully saturated rings. The summed E-state index contributed by atoms with van der Waals surface area (Å²) in [4.78, 5) is 21.3. The van der Waals surface area contributed by atoms with Crippen LogP contribution in [-0.4, -0.2) is 41.2 Å². The van der Waals surface area contributed by atoms with E-state index >= 15 is 0 Å². The van der Waals surface area contributed by atoms with Crippen LogP contribution in [0, 0.1) is 5.82 Å². The van der Waals surface area contributed by atoms with Gasteiger partial charge in [0.05, 0.1) is 6.20 Å². The van der Waals surface area contributed by atoms with Gasteiger partial charge in [0.15, 0.2) is 0 Å². The number of likely N-dealkylation sites (N-methyl/N-ethyl adjacent to an activating group) is 1. The number of pyridine rings is 1. The van der Waals surface area contributed by atoms with Gasteiger partial charge in [-0.3, -0.25) is 4.79 Å². The van der Waals surface area contributed by atoms with Gasteiger partial charge in [-0.1, -0.05) is 17.3 Å². The van der Waals surface area contributed by atoms with Crippen LogP contribution in [0.3, 0.4) is 0 Å². The van der Waals surface area contributed by atoms with Crippen LogP contribution in [0.25, 0.3) is 11.4 Å². The first-order chi connectivity index (χ1) is 13.7. The summed E-state index contributed by atoms with van der Waals surface area (Å²) in [5.74, 6) is -2.06. The van der Waals surface area contributed by atoms with Crippen LogP contribution in [-0.2, 0) is 6.18 Å². The lowest BCUT2D eigenvalue weighted by Crippen LogP contribution is -2.33. The molecule has 0 saturated carbocycles. The fraction of sp³-hybridized carbons (Fsp3) is 0.222. The maximum atomic E-state index is 12.9. The Kier molecular flexibility index (Phi) is 5.76. The summed E-state index contributed by atoms with van der Waals surface area (Å²) in [5.41, 5.74) is 0.438. The minimum Gasteiger partial charge on any atom is -0.358 e. The predicted molar refractivity (Wildman–Crippen MR) is 94.5 cm³/mol. The first kappa shape index (κ1) is 20.2. The Morgan fingerprint density at radius 1 is 1.24 bits per heavy atom. The number of aromatic nitrogens is 3. The summed E-state index contributed by atoms with van der Waals surface area (Å²) in [6.07, 6.45) is -3.65. The minimum absolute atomic E-state index is 0.213. The van der Waals surface area contributed by atoms with Crippen molar-refractivity contribution in [2.75, 3.05) is 25.0 Å². The normalized spacial score (nSPS) is 11.3. The summed E-state index contributed by atoms with van der Waals surface area (Å²) in [6, 6.07) is 8.64. The minimum atomic E-state index is -4.74. The molecule has 0 aliphatic heterocycles. The zero-order chi connectivity index (χ0) is 21.0. The van der Waals surface area contributed by atoms with Gasteiger partial charge in [0.1, 0.15) is 11.6 Å². The Morgan fingerprint density at radius 3 is 2.69 bits per heavy atom. The average Bonchev–Trinajstić information content (AvgIpc) is 3.19. The standard InChI is InChI=1S/C18H15F4N5O2/c1-27(14-6-5-13(19)10-24-14)8-7-23-16(28)12-4-2-3-11(9-12)15-25-17(29-26-15)18(20,21)22/h2-6,9-10H,7-8H2,1H3,(H,23,28). The molecule has 1 aromatic carbocycles. The number of halogens is 4. The lowest BCUT2D eigenvalue weighted by Gasteiger charge is -2.18. The van der Waals surface area contributed by atoms with Crippen molar-refractivity contribution in [1.29, 1.82) is 0 Å². The van der Waals surface area contributed by atoms with Gasteiger partial charge >= 0.3 is 12.1 Å². The zero-order valence-electron chi connectivity index (χ0n) is 15.1. The molecule has 7 nitrogen and oxygen atoms in total. The zero-order valence-corrected chi connectivity index (χ0v) is 15.1. The van der Waals surface area contributed by atoms with E-state index in [2.05, 4.69) is 25.0 Å². The van der Waals surface area contributed by atoms with Crippen LogP contribution in [0.2, 0.25) is 0 Å². The van der Waals surface area contributed by atoms with Gasteiger partial charge in [-0.25, -0.2) is 9.37 Å². The number of hydrogen-bond acceptors (Lipinski definition) is 6. The molecule has 0 radical (unpaired) electrons. The number of carbonyl (C=O) groups is 1. The van der Waals surface area contributed by atoms with Crippen LogP contribution >= 0.6 is 0 Å². The molecule has 29 heavy (non-hydrogen) atoms. The molecule has 3 rings (SSSR count). The summed E-state index contributed by atoms with van der Waals surface area (Å²) in [5, 5.41) is 5.99. The molecule has 0 saturated heterocycles. The second-order valence-electron chi connectivity index (χ2n) is 6.01. The van der Waals surface area contributed by atoms with Crippen LogP contribution in [0.5, 0.6) is 0 Å². The van der Waals surface area contributed by atoms with E-state index < -0.39 is 23.8 Å². The second kappa shape index (κ2) is 8.25. The molecule has 1 N–H and O–H groups in total. The monoisotopic (exact) mass is 409 g/mol. The van der Waals surface area contributed by atoms with E-state index in [1.54, 1.807) is 11.9 Å². The van der Waals surface area contributed by atoms with Crippen molar-refractivity contribution < 1.29 is 26.9 Å². The Balaban J connectivity index is 1.61. The fourth-order valence-corrected chi connectivity index (χ4v) is 2.40. The van der Waals surface area contributed by atoms with E-state index in [1.165, 1.54) is 36.4 Å². The summed E-state index contributed by atoms with van der Waals surface area (Å²) >= 11 is 0. The molecule has 0 bridgehead atoms. The molecule has 0 aliphatic rings. The highest BCUT2D eigenvalue weighted by atomic mass is 19.4. The average molecular weight is 409 g/mol. The third-order valence-corrected chi connectivity index (χ3v) is 3.89. The maximum Gasteiger partial charge on any atom is 0.471 e. The molecule has 3 aromatic rings. The van der Waals surface area contributed by atoms with Crippen molar-refractivity contribution in [1.82, 2.24) is 20.4 Å². The number of nitrogens with one attached hydrogen (secondary N) is 1. The Morgan fingerprint density at radius 2 is 2.03 bits per heavy atom. The second-order valence-corrected chi connectivity index (χ2v) is 6.01. The number of carbonyl (C=O) groups excluding carboxylic acids is 1. The Bertz CT molecular complexity index is 988. The van der Waals surface area contributed by atoms with Gasteiger partial charge in [0, 0.05) is 31.3 Å². The summed E-state index contributed by atoms with van der Waals surface area (Å²) in [7, 11) is 1.74. The molecule has 0 atom stereocenters. The van der Waals surface area contributed by atoms with Crippen molar-refractivity contribution in [3.63, 3.8) is 0 Å². The first-order valence-corrected chi connectivity index (χ1v) is 8.36. The van der Waals surface area contributed by atoms with Gasteiger partial charge in [-0.15, -0.1) is 0 Å². The number of alkyl halides is 3. The van der Waals surface area contributed by atoms with Crippen LogP contribution in [0.4, 0.5) is 23.4 Å². The van der Waals surface area contributed by atoms with Gasteiger partial charge in [-0.2, -0.15) is 18.2 Å². The topological polar surface area (TPSA) is 84.2 Å². The maximum absolute atomic E-state index is 12.9. The smallest absolute Gasteiger partial charge is 0.358 e. The van der Waals surface area contributed by atoms with Crippen LogP contribution in [0.15, 0.2) is 47.1 Å². The molecule has 2 aromatic heterocycles. The van der Waals surface area contributed by atoms with Crippen molar-refractivity contribution in [3.05, 3.63) is 59.9 Å². The van der Waals surface area contributed by atoms with E-state index in [9.17, 15) is 22.4 Å². The highest BCUT2D eigenvalue weighted by molar-refractivity contribution is 5.95. The molecular weight excluding hydrogens is 394 g/mol. The highest BCUT2D eigenvalue weighted by Crippen LogP contribution is 2.29. The predicted octanol–water partition coefficient (Wildman–Crippen LogP) is 3.16. The molecule has 11 heteroatoms. The van der Waals surface area contributed by atoms with E-state index in [-0.39, 0.29) is 23.5 Å².